The maximum Gasteiger partial charge on any atom is 0.416 e. The van der Waals surface area contributed by atoms with Crippen LogP contribution < -0.4 is 5.32 Å². The molecular formula is C18H23F3N2O4. The van der Waals surface area contributed by atoms with Crippen LogP contribution in [0.1, 0.15) is 44.2 Å². The number of benzene rings is 1. The lowest BCUT2D eigenvalue weighted by Crippen LogP contribution is -2.47. The van der Waals surface area contributed by atoms with E-state index < -0.39 is 35.6 Å². The molecule has 0 saturated heterocycles. The van der Waals surface area contributed by atoms with Gasteiger partial charge >= 0.3 is 12.1 Å². The lowest BCUT2D eigenvalue weighted by Gasteiger charge is -2.28. The van der Waals surface area contributed by atoms with Crippen LogP contribution in [0.4, 0.5) is 13.2 Å². The van der Waals surface area contributed by atoms with Crippen molar-refractivity contribution in [3.8, 4) is 0 Å². The van der Waals surface area contributed by atoms with Crippen LogP contribution in [0.3, 0.4) is 0 Å². The Bertz CT molecular complexity index is 691. The molecule has 27 heavy (non-hydrogen) atoms. The van der Waals surface area contributed by atoms with Gasteiger partial charge in [-0.15, -0.1) is 0 Å². The smallest absolute Gasteiger partial charge is 0.416 e. The molecule has 2 atom stereocenters. The lowest BCUT2D eigenvalue weighted by atomic mass is 9.92. The van der Waals surface area contributed by atoms with E-state index in [0.29, 0.717) is 0 Å². The van der Waals surface area contributed by atoms with Crippen LogP contribution >= 0.6 is 0 Å². The molecule has 0 saturated carbocycles. The maximum atomic E-state index is 13.2. The molecule has 2 N–H and O–H groups in total. The van der Waals surface area contributed by atoms with Crippen LogP contribution in [0.15, 0.2) is 24.3 Å². The summed E-state index contributed by atoms with van der Waals surface area (Å²) in [4.78, 5) is 35.8. The fourth-order valence-corrected chi connectivity index (χ4v) is 2.69. The van der Waals surface area contributed by atoms with Gasteiger partial charge in [0.05, 0.1) is 5.56 Å². The second-order valence-corrected chi connectivity index (χ2v) is 6.27. The zero-order valence-corrected chi connectivity index (χ0v) is 15.3. The van der Waals surface area contributed by atoms with E-state index in [2.05, 4.69) is 5.32 Å². The number of halogens is 3. The highest BCUT2D eigenvalue weighted by atomic mass is 19.4. The van der Waals surface area contributed by atoms with Crippen LogP contribution in [0.2, 0.25) is 0 Å². The van der Waals surface area contributed by atoms with Crippen molar-refractivity contribution in [1.82, 2.24) is 10.2 Å². The number of nitrogens with one attached hydrogen (secondary N) is 1. The Morgan fingerprint density at radius 1 is 1.19 bits per heavy atom. The second kappa shape index (κ2) is 9.38. The first-order chi connectivity index (χ1) is 12.4. The van der Waals surface area contributed by atoms with Crippen LogP contribution in [-0.2, 0) is 20.6 Å². The molecule has 6 nitrogen and oxygen atoms in total. The summed E-state index contributed by atoms with van der Waals surface area (Å²) < 4.78 is 39.5. The number of hydrogen-bond acceptors (Lipinski definition) is 3. The number of carboxylic acids is 1. The minimum atomic E-state index is -4.55. The number of alkyl halides is 3. The van der Waals surface area contributed by atoms with Gasteiger partial charge in [-0.2, -0.15) is 13.2 Å². The summed E-state index contributed by atoms with van der Waals surface area (Å²) in [7, 11) is 0. The van der Waals surface area contributed by atoms with Crippen molar-refractivity contribution in [2.24, 2.45) is 0 Å². The van der Waals surface area contributed by atoms with Crippen molar-refractivity contribution in [1.29, 1.82) is 0 Å². The predicted octanol–water partition coefficient (Wildman–Crippen LogP) is 2.64. The number of carboxylic acid groups (broad SMARTS) is 1. The summed E-state index contributed by atoms with van der Waals surface area (Å²) in [6, 6.07) is 3.82. The van der Waals surface area contributed by atoms with Gasteiger partial charge in [0.2, 0.25) is 11.8 Å². The molecule has 0 bridgehead atoms. The van der Waals surface area contributed by atoms with Crippen molar-refractivity contribution < 1.29 is 32.7 Å². The third kappa shape index (κ3) is 6.58. The predicted molar refractivity (Wildman–Crippen MR) is 92.0 cm³/mol. The first-order valence-electron chi connectivity index (χ1n) is 8.38. The molecule has 1 aromatic rings. The van der Waals surface area contributed by atoms with Crippen molar-refractivity contribution in [2.45, 2.75) is 45.3 Å². The molecule has 9 heteroatoms. The first-order valence-corrected chi connectivity index (χ1v) is 8.38. The van der Waals surface area contributed by atoms with Crippen LogP contribution in [-0.4, -0.2) is 46.9 Å². The molecule has 0 radical (unpaired) electrons. The van der Waals surface area contributed by atoms with E-state index in [9.17, 15) is 32.7 Å². The highest BCUT2D eigenvalue weighted by molar-refractivity contribution is 5.84. The monoisotopic (exact) mass is 388 g/mol. The van der Waals surface area contributed by atoms with Gasteiger partial charge in [0, 0.05) is 26.4 Å². The Kier molecular flexibility index (Phi) is 7.81. The number of nitrogens with zero attached hydrogens (tertiary/aromatic N) is 1. The summed E-state index contributed by atoms with van der Waals surface area (Å²) in [6.07, 6.45) is -4.84. The third-order valence-corrected chi connectivity index (χ3v) is 4.15. The molecule has 150 valence electrons. The van der Waals surface area contributed by atoms with Gasteiger partial charge in [-0.05, 0) is 24.5 Å². The average molecular weight is 388 g/mol. The zero-order valence-electron chi connectivity index (χ0n) is 15.3. The molecule has 0 aliphatic heterocycles. The van der Waals surface area contributed by atoms with Gasteiger partial charge in [-0.1, -0.05) is 25.1 Å². The number of carbonyl (C=O) groups is 3. The van der Waals surface area contributed by atoms with E-state index in [1.165, 1.54) is 39.0 Å². The molecule has 0 fully saturated rings. The largest absolute Gasteiger partial charge is 0.480 e. The van der Waals surface area contributed by atoms with E-state index in [1.807, 2.05) is 0 Å². The summed E-state index contributed by atoms with van der Waals surface area (Å²) >= 11 is 0. The third-order valence-electron chi connectivity index (χ3n) is 4.15. The average Bonchev–Trinajstić information content (AvgIpc) is 2.56. The van der Waals surface area contributed by atoms with E-state index in [0.717, 1.165) is 11.0 Å². The van der Waals surface area contributed by atoms with E-state index in [1.54, 1.807) is 0 Å². The van der Waals surface area contributed by atoms with Gasteiger partial charge in [0.15, 0.2) is 0 Å². The maximum absolute atomic E-state index is 13.2. The van der Waals surface area contributed by atoms with Gasteiger partial charge in [0.25, 0.3) is 0 Å². The highest BCUT2D eigenvalue weighted by Crippen LogP contribution is 2.36. The molecule has 1 aromatic carbocycles. The number of rotatable bonds is 8. The second-order valence-electron chi connectivity index (χ2n) is 6.27. The van der Waals surface area contributed by atoms with Crippen LogP contribution in [0.5, 0.6) is 0 Å². The summed E-state index contributed by atoms with van der Waals surface area (Å²) in [6.45, 7) is 4.07. The van der Waals surface area contributed by atoms with Crippen molar-refractivity contribution in [3.05, 3.63) is 35.4 Å². The fraction of sp³-hybridized carbons (Fsp3) is 0.500. The molecule has 2 amide bonds. The van der Waals surface area contributed by atoms with Gasteiger partial charge < -0.3 is 15.3 Å². The van der Waals surface area contributed by atoms with Crippen molar-refractivity contribution in [3.63, 3.8) is 0 Å². The highest BCUT2D eigenvalue weighted by Gasteiger charge is 2.35. The minimum Gasteiger partial charge on any atom is -0.480 e. The normalized spacial score (nSPS) is 13.6. The fourth-order valence-electron chi connectivity index (χ4n) is 2.69. The lowest BCUT2D eigenvalue weighted by molar-refractivity contribution is -0.149. The molecule has 0 aromatic heterocycles. The van der Waals surface area contributed by atoms with Gasteiger partial charge in [0.1, 0.15) is 6.04 Å². The SMILES string of the molecule is CC(=O)NCCN(C(=O)CC(C)c1ccccc1C(F)(F)F)C(C)C(=O)O. The van der Waals surface area contributed by atoms with Crippen molar-refractivity contribution >= 4 is 17.8 Å². The van der Waals surface area contributed by atoms with Gasteiger partial charge in [-0.3, -0.25) is 9.59 Å². The Morgan fingerprint density at radius 2 is 1.78 bits per heavy atom. The molecular weight excluding hydrogens is 365 g/mol. The Morgan fingerprint density at radius 3 is 2.30 bits per heavy atom. The van der Waals surface area contributed by atoms with Crippen LogP contribution in [0.25, 0.3) is 0 Å². The van der Waals surface area contributed by atoms with E-state index in [-0.39, 0.29) is 31.0 Å². The standard InChI is InChI=1S/C18H23F3N2O4/c1-11(14-6-4-5-7-15(14)18(19,20)21)10-16(25)23(12(2)17(26)27)9-8-22-13(3)24/h4-7,11-12H,8-10H2,1-3H3,(H,22,24)(H,26,27). The molecule has 1 rings (SSSR count). The molecule has 0 heterocycles. The zero-order chi connectivity index (χ0) is 20.8. The Labute approximate surface area is 155 Å². The summed E-state index contributed by atoms with van der Waals surface area (Å²) in [5, 5.41) is 11.6. The molecule has 0 aliphatic carbocycles. The molecule has 0 aliphatic rings. The number of carbonyl (C=O) groups excluding carboxylic acids is 2. The Balaban J connectivity index is 2.97. The summed E-state index contributed by atoms with van der Waals surface area (Å²) in [5.41, 5.74) is -0.843. The molecule has 2 unspecified atom stereocenters. The quantitative estimate of drug-likeness (QED) is 0.717. The van der Waals surface area contributed by atoms with Gasteiger partial charge in [-0.25, -0.2) is 4.79 Å². The van der Waals surface area contributed by atoms with E-state index in [4.69, 9.17) is 0 Å². The topological polar surface area (TPSA) is 86.7 Å². The number of hydrogen-bond donors (Lipinski definition) is 2. The summed E-state index contributed by atoms with van der Waals surface area (Å²) in [5.74, 6) is -2.94. The first kappa shape index (κ1) is 22.5. The number of aliphatic carboxylic acids is 1. The minimum absolute atomic E-state index is 0.0249. The van der Waals surface area contributed by atoms with E-state index >= 15 is 0 Å². The van der Waals surface area contributed by atoms with Crippen LogP contribution in [0, 0.1) is 0 Å². The molecule has 0 spiro atoms. The Hall–Kier alpha value is -2.58. The van der Waals surface area contributed by atoms with Crippen molar-refractivity contribution in [2.75, 3.05) is 13.1 Å². The number of amides is 2.